The molecule has 3 atom stereocenters. The first kappa shape index (κ1) is 18.0. The zero-order valence-electron chi connectivity index (χ0n) is 15.5. The van der Waals surface area contributed by atoms with Crippen molar-refractivity contribution in [3.8, 4) is 0 Å². The number of amides is 2. The molecule has 1 fully saturated rings. The molecule has 7 heteroatoms. The molecule has 2 aromatic rings. The third-order valence-electron chi connectivity index (χ3n) is 5.53. The number of aryl methyl sites for hydroxylation is 1. The maximum absolute atomic E-state index is 13.3. The number of carbonyl (C=O) groups excluding carboxylic acids is 1. The van der Waals surface area contributed by atoms with Gasteiger partial charge in [0.15, 0.2) is 0 Å². The number of nitrogens with one attached hydrogen (secondary N) is 2. The van der Waals surface area contributed by atoms with Crippen LogP contribution in [0.25, 0.3) is 0 Å². The first-order valence-corrected chi connectivity index (χ1v) is 9.56. The van der Waals surface area contributed by atoms with Gasteiger partial charge in [0, 0.05) is 24.9 Å². The van der Waals surface area contributed by atoms with Crippen LogP contribution in [-0.2, 0) is 18.2 Å². The van der Waals surface area contributed by atoms with Gasteiger partial charge >= 0.3 is 6.03 Å². The van der Waals surface area contributed by atoms with E-state index < -0.39 is 0 Å². The number of ether oxygens (including phenoxy) is 1. The Kier molecular flexibility index (Phi) is 5.11. The number of rotatable bonds is 4. The SMILES string of the molecule is Cn1ncc2c1CCC[C@@H]2NC(=O)N[C@@H](c1ccc(F)cc1)[C@@H]1CCCO1. The van der Waals surface area contributed by atoms with Gasteiger partial charge in [0.2, 0.25) is 0 Å². The van der Waals surface area contributed by atoms with Crippen molar-refractivity contribution in [3.05, 3.63) is 53.1 Å². The summed E-state index contributed by atoms with van der Waals surface area (Å²) < 4.78 is 21.0. The van der Waals surface area contributed by atoms with Crippen LogP contribution >= 0.6 is 0 Å². The highest BCUT2D eigenvalue weighted by molar-refractivity contribution is 5.75. The summed E-state index contributed by atoms with van der Waals surface area (Å²) in [6.45, 7) is 0.688. The van der Waals surface area contributed by atoms with E-state index in [1.165, 1.54) is 17.8 Å². The molecule has 2 N–H and O–H groups in total. The molecule has 2 heterocycles. The molecule has 2 amide bonds. The molecule has 0 radical (unpaired) electrons. The van der Waals surface area contributed by atoms with Crippen molar-refractivity contribution in [1.29, 1.82) is 0 Å². The van der Waals surface area contributed by atoms with Crippen molar-refractivity contribution < 1.29 is 13.9 Å². The number of carbonyl (C=O) groups is 1. The molecule has 1 aliphatic carbocycles. The Morgan fingerprint density at radius 3 is 2.85 bits per heavy atom. The van der Waals surface area contributed by atoms with Crippen molar-refractivity contribution in [3.63, 3.8) is 0 Å². The zero-order chi connectivity index (χ0) is 18.8. The first-order valence-electron chi connectivity index (χ1n) is 9.56. The van der Waals surface area contributed by atoms with Gasteiger partial charge in [-0.05, 0) is 49.8 Å². The molecule has 144 valence electrons. The van der Waals surface area contributed by atoms with E-state index in [1.54, 1.807) is 12.1 Å². The maximum atomic E-state index is 13.3. The number of hydrogen-bond acceptors (Lipinski definition) is 3. The Bertz CT molecular complexity index is 799. The van der Waals surface area contributed by atoms with Gasteiger partial charge < -0.3 is 15.4 Å². The molecule has 0 spiro atoms. The van der Waals surface area contributed by atoms with Gasteiger partial charge in [-0.15, -0.1) is 0 Å². The maximum Gasteiger partial charge on any atom is 0.315 e. The van der Waals surface area contributed by atoms with Crippen LogP contribution in [0.4, 0.5) is 9.18 Å². The van der Waals surface area contributed by atoms with Crippen LogP contribution in [0, 0.1) is 5.82 Å². The molecule has 1 aliphatic heterocycles. The minimum Gasteiger partial charge on any atom is -0.376 e. The van der Waals surface area contributed by atoms with E-state index in [-0.39, 0.29) is 30.0 Å². The second kappa shape index (κ2) is 7.68. The molecule has 6 nitrogen and oxygen atoms in total. The lowest BCUT2D eigenvalue weighted by atomic mass is 9.93. The third kappa shape index (κ3) is 3.83. The summed E-state index contributed by atoms with van der Waals surface area (Å²) in [7, 11) is 1.93. The Morgan fingerprint density at radius 1 is 1.30 bits per heavy atom. The van der Waals surface area contributed by atoms with Crippen molar-refractivity contribution in [2.45, 2.75) is 50.3 Å². The summed E-state index contributed by atoms with van der Waals surface area (Å²) >= 11 is 0. The summed E-state index contributed by atoms with van der Waals surface area (Å²) in [6.07, 6.45) is 6.49. The van der Waals surface area contributed by atoms with E-state index in [1.807, 2.05) is 17.9 Å². The molecule has 2 aliphatic rings. The highest BCUT2D eigenvalue weighted by atomic mass is 19.1. The molecule has 1 aromatic heterocycles. The van der Waals surface area contributed by atoms with Crippen LogP contribution in [0.15, 0.2) is 30.5 Å². The number of hydrogen-bond donors (Lipinski definition) is 2. The van der Waals surface area contributed by atoms with Crippen molar-refractivity contribution >= 4 is 6.03 Å². The summed E-state index contributed by atoms with van der Waals surface area (Å²) in [5, 5.41) is 10.5. The summed E-state index contributed by atoms with van der Waals surface area (Å²) in [6, 6.07) is 5.68. The predicted molar refractivity (Wildman–Crippen MR) is 98.7 cm³/mol. The largest absolute Gasteiger partial charge is 0.376 e. The quantitative estimate of drug-likeness (QED) is 0.866. The second-order valence-electron chi connectivity index (χ2n) is 7.31. The van der Waals surface area contributed by atoms with Gasteiger partial charge in [0.25, 0.3) is 0 Å². The lowest BCUT2D eigenvalue weighted by Gasteiger charge is -2.28. The van der Waals surface area contributed by atoms with Crippen LogP contribution in [0.5, 0.6) is 0 Å². The first-order chi connectivity index (χ1) is 13.1. The Hall–Kier alpha value is -2.41. The Balaban J connectivity index is 1.48. The molecule has 0 saturated carbocycles. The van der Waals surface area contributed by atoms with Crippen LogP contribution in [-0.4, -0.2) is 28.5 Å². The molecule has 27 heavy (non-hydrogen) atoms. The van der Waals surface area contributed by atoms with Gasteiger partial charge in [0.1, 0.15) is 5.82 Å². The van der Waals surface area contributed by atoms with Crippen LogP contribution in [0.2, 0.25) is 0 Å². The van der Waals surface area contributed by atoms with E-state index in [0.29, 0.717) is 6.61 Å². The van der Waals surface area contributed by atoms with E-state index in [2.05, 4.69) is 15.7 Å². The fraction of sp³-hybridized carbons (Fsp3) is 0.500. The monoisotopic (exact) mass is 372 g/mol. The Labute approximate surface area is 158 Å². The minimum absolute atomic E-state index is 0.0409. The average Bonchev–Trinajstić information content (AvgIpc) is 3.32. The highest BCUT2D eigenvalue weighted by Crippen LogP contribution is 2.30. The normalized spacial score (nSPS) is 22.9. The predicted octanol–water partition coefficient (Wildman–Crippen LogP) is 3.16. The second-order valence-corrected chi connectivity index (χ2v) is 7.31. The topological polar surface area (TPSA) is 68.2 Å². The van der Waals surface area contributed by atoms with Crippen molar-refractivity contribution in [2.24, 2.45) is 7.05 Å². The highest BCUT2D eigenvalue weighted by Gasteiger charge is 2.30. The molecular formula is C20H25FN4O2. The van der Waals surface area contributed by atoms with Gasteiger partial charge in [-0.3, -0.25) is 4.68 Å². The molecule has 0 bridgehead atoms. The van der Waals surface area contributed by atoms with E-state index in [4.69, 9.17) is 4.74 Å². The molecule has 1 aromatic carbocycles. The van der Waals surface area contributed by atoms with E-state index in [9.17, 15) is 9.18 Å². The van der Waals surface area contributed by atoms with E-state index >= 15 is 0 Å². The van der Waals surface area contributed by atoms with Crippen molar-refractivity contribution in [2.75, 3.05) is 6.61 Å². The van der Waals surface area contributed by atoms with Crippen molar-refractivity contribution in [1.82, 2.24) is 20.4 Å². The number of aromatic nitrogens is 2. The van der Waals surface area contributed by atoms with Gasteiger partial charge in [-0.1, -0.05) is 12.1 Å². The third-order valence-corrected chi connectivity index (χ3v) is 5.53. The average molecular weight is 372 g/mol. The van der Waals surface area contributed by atoms with Gasteiger partial charge in [-0.25, -0.2) is 9.18 Å². The van der Waals surface area contributed by atoms with Crippen LogP contribution in [0.3, 0.4) is 0 Å². The molecule has 1 saturated heterocycles. The van der Waals surface area contributed by atoms with Crippen LogP contribution < -0.4 is 10.6 Å². The van der Waals surface area contributed by atoms with Gasteiger partial charge in [-0.2, -0.15) is 5.10 Å². The van der Waals surface area contributed by atoms with Gasteiger partial charge in [0.05, 0.1) is 24.4 Å². The number of fused-ring (bicyclic) bond motifs is 1. The fourth-order valence-electron chi connectivity index (χ4n) is 4.12. The number of benzene rings is 1. The smallest absolute Gasteiger partial charge is 0.315 e. The number of nitrogens with zero attached hydrogens (tertiary/aromatic N) is 2. The number of urea groups is 1. The summed E-state index contributed by atoms with van der Waals surface area (Å²) in [5.41, 5.74) is 3.12. The zero-order valence-corrected chi connectivity index (χ0v) is 15.5. The van der Waals surface area contributed by atoms with Crippen LogP contribution in [0.1, 0.15) is 54.6 Å². The fourth-order valence-corrected chi connectivity index (χ4v) is 4.12. The van der Waals surface area contributed by atoms with E-state index in [0.717, 1.165) is 43.2 Å². The molecule has 4 rings (SSSR count). The lowest BCUT2D eigenvalue weighted by molar-refractivity contribution is 0.0805. The standard InChI is InChI=1S/C20H25FN4O2/c1-25-17-5-2-4-16(15(17)12-22-25)23-20(26)24-19(18-6-3-11-27-18)13-7-9-14(21)10-8-13/h7-10,12,16,18-19H,2-6,11H2,1H3,(H2,23,24,26)/t16-,18-,19-/m0/s1. The number of halogens is 1. The molecular weight excluding hydrogens is 347 g/mol. The Morgan fingerprint density at radius 2 is 2.11 bits per heavy atom. The summed E-state index contributed by atoms with van der Waals surface area (Å²) in [4.78, 5) is 12.8. The lowest BCUT2D eigenvalue weighted by Crippen LogP contribution is -2.44. The summed E-state index contributed by atoms with van der Waals surface area (Å²) in [5.74, 6) is -0.291. The minimum atomic E-state index is -0.301. The molecule has 0 unspecified atom stereocenters.